The molecule has 0 spiro atoms. The summed E-state index contributed by atoms with van der Waals surface area (Å²) in [6.45, 7) is 7.23. The molecule has 1 heterocycles. The zero-order valence-corrected chi connectivity index (χ0v) is 19.8. The molecule has 0 unspecified atom stereocenters. The first-order valence-electron chi connectivity index (χ1n) is 9.81. The second-order valence-electron chi connectivity index (χ2n) is 6.68. The van der Waals surface area contributed by atoms with Crippen LogP contribution in [0.3, 0.4) is 0 Å². The van der Waals surface area contributed by atoms with Crippen molar-refractivity contribution >= 4 is 33.7 Å². The molecule has 0 saturated carbocycles. The van der Waals surface area contributed by atoms with E-state index in [4.69, 9.17) is 18.9 Å². The summed E-state index contributed by atoms with van der Waals surface area (Å²) in [5.41, 5.74) is 1.69. The topological polar surface area (TPSA) is 104 Å². The third-order valence-corrected chi connectivity index (χ3v) is 5.03. The quantitative estimate of drug-likeness (QED) is 0.384. The monoisotopic (exact) mass is 495 g/mol. The number of rotatable bonds is 10. The third-order valence-electron chi connectivity index (χ3n) is 4.45. The van der Waals surface area contributed by atoms with E-state index in [1.807, 2.05) is 6.92 Å². The molecule has 0 aliphatic heterocycles. The molecule has 2 aromatic rings. The smallest absolute Gasteiger partial charge is 0.340 e. The van der Waals surface area contributed by atoms with Crippen LogP contribution in [0.2, 0.25) is 0 Å². The number of ether oxygens (including phenoxy) is 4. The number of nitrogens with one attached hydrogen (secondary N) is 1. The second kappa shape index (κ2) is 11.0. The van der Waals surface area contributed by atoms with Crippen molar-refractivity contribution in [2.75, 3.05) is 26.9 Å². The van der Waals surface area contributed by atoms with E-state index in [-0.39, 0.29) is 17.9 Å². The van der Waals surface area contributed by atoms with Crippen LogP contribution < -0.4 is 9.47 Å². The van der Waals surface area contributed by atoms with Crippen molar-refractivity contribution in [2.24, 2.45) is 0 Å². The fraction of sp³-hybridized carbons (Fsp3) is 0.409. The van der Waals surface area contributed by atoms with Crippen molar-refractivity contribution < 1.29 is 33.3 Å². The van der Waals surface area contributed by atoms with Gasteiger partial charge in [0, 0.05) is 5.69 Å². The Bertz CT molecular complexity index is 981. The van der Waals surface area contributed by atoms with Crippen molar-refractivity contribution in [1.29, 1.82) is 0 Å². The maximum atomic E-state index is 12.6. The van der Waals surface area contributed by atoms with Crippen LogP contribution in [0.25, 0.3) is 0 Å². The maximum absolute atomic E-state index is 12.6. The number of aromatic amines is 1. The van der Waals surface area contributed by atoms with Gasteiger partial charge in [-0.05, 0) is 60.8 Å². The lowest BCUT2D eigenvalue weighted by atomic mass is 10.1. The summed E-state index contributed by atoms with van der Waals surface area (Å²) in [6, 6.07) is 3.04. The summed E-state index contributed by atoms with van der Waals surface area (Å²) in [5.74, 6) is -0.802. The summed E-state index contributed by atoms with van der Waals surface area (Å²) < 4.78 is 21.7. The molecule has 1 aromatic carbocycles. The third kappa shape index (κ3) is 5.66. The normalized spacial score (nSPS) is 10.5. The molecule has 31 heavy (non-hydrogen) atoms. The molecule has 0 radical (unpaired) electrons. The van der Waals surface area contributed by atoms with Crippen LogP contribution in [0.1, 0.15) is 62.7 Å². The number of carbonyl (C=O) groups excluding carboxylic acids is 3. The van der Waals surface area contributed by atoms with Gasteiger partial charge in [0.15, 0.2) is 18.1 Å². The van der Waals surface area contributed by atoms with Crippen LogP contribution in [0, 0.1) is 13.8 Å². The zero-order valence-electron chi connectivity index (χ0n) is 18.2. The van der Waals surface area contributed by atoms with Crippen LogP contribution >= 0.6 is 15.9 Å². The van der Waals surface area contributed by atoms with Crippen molar-refractivity contribution in [3.63, 3.8) is 0 Å². The van der Waals surface area contributed by atoms with Crippen LogP contribution in [-0.4, -0.2) is 49.6 Å². The molecular formula is C22H26BrNO7. The molecule has 2 rings (SSSR count). The number of benzene rings is 1. The summed E-state index contributed by atoms with van der Waals surface area (Å²) in [6.07, 6.45) is 0.816. The minimum atomic E-state index is -0.694. The summed E-state index contributed by atoms with van der Waals surface area (Å²) in [7, 11) is 1.47. The molecule has 8 nitrogen and oxygen atoms in total. The lowest BCUT2D eigenvalue weighted by Crippen LogP contribution is -2.16. The molecule has 0 atom stereocenters. The van der Waals surface area contributed by atoms with Crippen molar-refractivity contribution in [1.82, 2.24) is 4.98 Å². The van der Waals surface area contributed by atoms with Gasteiger partial charge in [-0.15, -0.1) is 0 Å². The maximum Gasteiger partial charge on any atom is 0.340 e. The minimum Gasteiger partial charge on any atom is -0.493 e. The van der Waals surface area contributed by atoms with Gasteiger partial charge in [-0.1, -0.05) is 6.92 Å². The van der Waals surface area contributed by atoms with Crippen molar-refractivity contribution in [3.05, 3.63) is 44.7 Å². The number of esters is 2. The minimum absolute atomic E-state index is 0.201. The van der Waals surface area contributed by atoms with Gasteiger partial charge < -0.3 is 23.9 Å². The number of H-pyrrole nitrogens is 1. The van der Waals surface area contributed by atoms with Crippen molar-refractivity contribution in [2.45, 2.75) is 34.1 Å². The first-order valence-corrected chi connectivity index (χ1v) is 10.6. The van der Waals surface area contributed by atoms with Gasteiger partial charge >= 0.3 is 11.9 Å². The van der Waals surface area contributed by atoms with E-state index in [1.165, 1.54) is 13.2 Å². The molecule has 0 aliphatic rings. The van der Waals surface area contributed by atoms with E-state index in [0.717, 1.165) is 6.42 Å². The molecule has 0 amide bonds. The molecule has 0 bridgehead atoms. The molecule has 0 fully saturated rings. The van der Waals surface area contributed by atoms with Crippen molar-refractivity contribution in [3.8, 4) is 11.5 Å². The molecular weight excluding hydrogens is 470 g/mol. The summed E-state index contributed by atoms with van der Waals surface area (Å²) >= 11 is 3.37. The fourth-order valence-electron chi connectivity index (χ4n) is 3.01. The fourth-order valence-corrected chi connectivity index (χ4v) is 3.56. The first kappa shape index (κ1) is 24.5. The Kier molecular flexibility index (Phi) is 8.67. The molecule has 0 aliphatic carbocycles. The van der Waals surface area contributed by atoms with Crippen LogP contribution in [0.5, 0.6) is 11.5 Å². The first-order chi connectivity index (χ1) is 14.7. The highest BCUT2D eigenvalue weighted by Gasteiger charge is 2.24. The average Bonchev–Trinajstić information content (AvgIpc) is 3.04. The van der Waals surface area contributed by atoms with E-state index in [0.29, 0.717) is 39.4 Å². The van der Waals surface area contributed by atoms with E-state index >= 15 is 0 Å². The number of carbonyl (C=O) groups is 3. The number of aryl methyl sites for hydroxylation is 1. The summed E-state index contributed by atoms with van der Waals surface area (Å²) in [5, 5.41) is 0. The lowest BCUT2D eigenvalue weighted by Gasteiger charge is -2.13. The average molecular weight is 496 g/mol. The van der Waals surface area contributed by atoms with Gasteiger partial charge in [-0.25, -0.2) is 9.59 Å². The van der Waals surface area contributed by atoms with Gasteiger partial charge in [0.1, 0.15) is 0 Å². The van der Waals surface area contributed by atoms with Crippen LogP contribution in [0.4, 0.5) is 0 Å². The Hall–Kier alpha value is -2.81. The van der Waals surface area contributed by atoms with Crippen LogP contribution in [0.15, 0.2) is 16.6 Å². The van der Waals surface area contributed by atoms with E-state index in [9.17, 15) is 14.4 Å². The van der Waals surface area contributed by atoms with Gasteiger partial charge in [0.25, 0.3) is 0 Å². The number of halogens is 1. The highest BCUT2D eigenvalue weighted by molar-refractivity contribution is 9.10. The number of hydrogen-bond donors (Lipinski definition) is 1. The Morgan fingerprint density at radius 3 is 2.39 bits per heavy atom. The highest BCUT2D eigenvalue weighted by atomic mass is 79.9. The number of hydrogen-bond acceptors (Lipinski definition) is 7. The largest absolute Gasteiger partial charge is 0.493 e. The Labute approximate surface area is 189 Å². The standard InChI is InChI=1S/C22H26BrNO7/c1-6-8-30-20-15(23)9-14(10-17(20)28-5)21(26)31-11-16(25)19-12(3)18(13(4)24-19)22(27)29-7-2/h9-10,24H,6-8,11H2,1-5H3. The van der Waals surface area contributed by atoms with E-state index in [1.54, 1.807) is 26.8 Å². The predicted molar refractivity (Wildman–Crippen MR) is 117 cm³/mol. The molecule has 9 heteroatoms. The van der Waals surface area contributed by atoms with Gasteiger partial charge in [0.05, 0.1) is 41.6 Å². The number of Topliss-reactive ketones (excluding diaryl/α,β-unsaturated/α-hetero) is 1. The molecule has 1 aromatic heterocycles. The Morgan fingerprint density at radius 1 is 1.06 bits per heavy atom. The Morgan fingerprint density at radius 2 is 1.77 bits per heavy atom. The van der Waals surface area contributed by atoms with E-state index < -0.39 is 24.3 Å². The van der Waals surface area contributed by atoms with E-state index in [2.05, 4.69) is 20.9 Å². The number of ketones is 1. The second-order valence-corrected chi connectivity index (χ2v) is 7.54. The lowest BCUT2D eigenvalue weighted by molar-refractivity contribution is 0.0471. The van der Waals surface area contributed by atoms with Crippen LogP contribution in [-0.2, 0) is 9.47 Å². The summed E-state index contributed by atoms with van der Waals surface area (Å²) in [4.78, 5) is 40.1. The molecule has 1 N–H and O–H groups in total. The SMILES string of the molecule is CCCOc1c(Br)cc(C(=O)OCC(=O)c2[nH]c(C)c(C(=O)OCC)c2C)cc1OC. The van der Waals surface area contributed by atoms with Gasteiger partial charge in [-0.2, -0.15) is 0 Å². The Balaban J connectivity index is 2.14. The number of aromatic nitrogens is 1. The molecule has 168 valence electrons. The molecule has 0 saturated heterocycles. The highest BCUT2D eigenvalue weighted by Crippen LogP contribution is 2.37. The van der Waals surface area contributed by atoms with Gasteiger partial charge in [-0.3, -0.25) is 4.79 Å². The zero-order chi connectivity index (χ0) is 23.1. The predicted octanol–water partition coefficient (Wildman–Crippen LogP) is 4.41. The number of methoxy groups -OCH3 is 1. The van der Waals surface area contributed by atoms with Gasteiger partial charge in [0.2, 0.25) is 5.78 Å².